The fourth-order valence-electron chi connectivity index (χ4n) is 7.78. The van der Waals surface area contributed by atoms with Gasteiger partial charge in [-0.05, 0) is 105 Å². The molecule has 0 unspecified atom stereocenters. The van der Waals surface area contributed by atoms with Crippen molar-refractivity contribution in [3.8, 4) is 33.4 Å². The lowest BCUT2D eigenvalue weighted by Crippen LogP contribution is -2.15. The van der Waals surface area contributed by atoms with Gasteiger partial charge in [0.2, 0.25) is 0 Å². The molecule has 2 nitrogen and oxygen atoms in total. The van der Waals surface area contributed by atoms with Crippen LogP contribution in [-0.4, -0.2) is 12.6 Å². The first kappa shape index (κ1) is 30.1. The maximum atomic E-state index is 11.4. The summed E-state index contributed by atoms with van der Waals surface area (Å²) in [6.07, 6.45) is 1.88. The largest absolute Gasteiger partial charge is 0.462 e. The van der Waals surface area contributed by atoms with Crippen LogP contribution in [0.3, 0.4) is 0 Å². The third kappa shape index (κ3) is 4.82. The highest BCUT2D eigenvalue weighted by atomic mass is 16.5. The molecule has 0 N–H and O–H groups in total. The average molecular weight is 625 g/mol. The van der Waals surface area contributed by atoms with Gasteiger partial charge < -0.3 is 4.74 Å². The van der Waals surface area contributed by atoms with Crippen molar-refractivity contribution in [2.24, 2.45) is 0 Å². The van der Waals surface area contributed by atoms with E-state index in [4.69, 9.17) is 4.74 Å². The fourth-order valence-corrected chi connectivity index (χ4v) is 7.78. The zero-order chi connectivity index (χ0) is 33.4. The zero-order valence-electron chi connectivity index (χ0n) is 28.4. The maximum Gasteiger partial charge on any atom is 0.330 e. The molecule has 0 aromatic heterocycles. The third-order valence-corrected chi connectivity index (χ3v) is 10.5. The monoisotopic (exact) mass is 624 g/mol. The number of ether oxygens (including phenoxy) is 1. The molecule has 0 bridgehead atoms. The first-order valence-electron chi connectivity index (χ1n) is 16.9. The molecule has 0 fully saturated rings. The molecule has 2 heteroatoms. The summed E-state index contributed by atoms with van der Waals surface area (Å²) in [5.74, 6) is -0.383. The highest BCUT2D eigenvalue weighted by Gasteiger charge is 2.36. The number of benzene rings is 7. The zero-order valence-corrected chi connectivity index (χ0v) is 28.4. The number of esters is 1. The molecule has 236 valence electrons. The molecule has 1 aliphatic rings. The van der Waals surface area contributed by atoms with Gasteiger partial charge in [0, 0.05) is 17.9 Å². The van der Waals surface area contributed by atoms with Crippen LogP contribution in [0.25, 0.3) is 65.7 Å². The Morgan fingerprint density at radius 3 is 1.90 bits per heavy atom. The van der Waals surface area contributed by atoms with Crippen LogP contribution in [-0.2, 0) is 26.8 Å². The van der Waals surface area contributed by atoms with Gasteiger partial charge in [0.25, 0.3) is 0 Å². The van der Waals surface area contributed by atoms with Crippen LogP contribution in [0.5, 0.6) is 0 Å². The summed E-state index contributed by atoms with van der Waals surface area (Å²) in [6, 6.07) is 41.2. The van der Waals surface area contributed by atoms with Gasteiger partial charge in [-0.2, -0.15) is 0 Å². The average Bonchev–Trinajstić information content (AvgIpc) is 3.31. The van der Waals surface area contributed by atoms with Crippen molar-refractivity contribution >= 4 is 38.3 Å². The molecule has 48 heavy (non-hydrogen) atoms. The van der Waals surface area contributed by atoms with E-state index in [-0.39, 0.29) is 16.8 Å². The van der Waals surface area contributed by atoms with Crippen molar-refractivity contribution in [1.29, 1.82) is 0 Å². The van der Waals surface area contributed by atoms with Crippen LogP contribution in [0.1, 0.15) is 56.9 Å². The first-order valence-corrected chi connectivity index (χ1v) is 16.9. The third-order valence-electron chi connectivity index (χ3n) is 10.5. The van der Waals surface area contributed by atoms with Gasteiger partial charge in [-0.15, -0.1) is 0 Å². The lowest BCUT2D eigenvalue weighted by Gasteiger charge is -2.23. The molecular formula is C46H40O2. The number of hydrogen-bond donors (Lipinski definition) is 0. The molecule has 0 radical (unpaired) electrons. The number of rotatable bonds is 6. The van der Waals surface area contributed by atoms with Crippen LogP contribution in [0.15, 0.2) is 122 Å². The quantitative estimate of drug-likeness (QED) is 0.105. The first-order chi connectivity index (χ1) is 23.0. The van der Waals surface area contributed by atoms with E-state index in [1.165, 1.54) is 88.5 Å². The van der Waals surface area contributed by atoms with E-state index < -0.39 is 0 Å². The van der Waals surface area contributed by atoms with Crippen molar-refractivity contribution in [2.75, 3.05) is 6.61 Å². The van der Waals surface area contributed by atoms with Crippen molar-refractivity contribution in [3.05, 3.63) is 144 Å². The summed E-state index contributed by atoms with van der Waals surface area (Å²) in [4.78, 5) is 11.4. The Morgan fingerprint density at radius 2 is 1.23 bits per heavy atom. The predicted molar refractivity (Wildman–Crippen MR) is 202 cm³/mol. The minimum Gasteiger partial charge on any atom is -0.462 e. The van der Waals surface area contributed by atoms with E-state index in [1.807, 2.05) is 0 Å². The summed E-state index contributed by atoms with van der Waals surface area (Å²) in [5.41, 5.74) is 12.8. The molecule has 0 saturated carbocycles. The normalized spacial score (nSPS) is 13.6. The second-order valence-electron chi connectivity index (χ2n) is 14.9. The molecule has 0 spiro atoms. The molecule has 0 heterocycles. The van der Waals surface area contributed by atoms with Gasteiger partial charge in [0.1, 0.15) is 0 Å². The SMILES string of the molecule is C=CC(=O)OCCc1ccc(-c2ccc3c(c2)C(C)(C)c2cc(-c4ccc5ccc6cc(C(C)(C)C)cc7ccc4c5c67)ccc2-3)cc1. The summed E-state index contributed by atoms with van der Waals surface area (Å²) in [5, 5.41) is 7.97. The molecule has 0 saturated heterocycles. The lowest BCUT2D eigenvalue weighted by atomic mass is 9.80. The summed E-state index contributed by atoms with van der Waals surface area (Å²) < 4.78 is 5.16. The van der Waals surface area contributed by atoms with Crippen molar-refractivity contribution in [3.63, 3.8) is 0 Å². The van der Waals surface area contributed by atoms with E-state index in [2.05, 4.69) is 150 Å². The van der Waals surface area contributed by atoms with E-state index in [0.29, 0.717) is 13.0 Å². The Balaban J connectivity index is 1.15. The second kappa shape index (κ2) is 10.9. The van der Waals surface area contributed by atoms with Crippen LogP contribution in [0.2, 0.25) is 0 Å². The Bertz CT molecular complexity index is 2380. The van der Waals surface area contributed by atoms with E-state index in [0.717, 1.165) is 5.56 Å². The van der Waals surface area contributed by atoms with Crippen LogP contribution in [0.4, 0.5) is 0 Å². The Labute approximate surface area is 283 Å². The fraction of sp³-hybridized carbons (Fsp3) is 0.196. The maximum absolute atomic E-state index is 11.4. The highest BCUT2D eigenvalue weighted by molar-refractivity contribution is 6.25. The molecule has 8 rings (SSSR count). The molecule has 0 aliphatic heterocycles. The number of hydrogen-bond acceptors (Lipinski definition) is 2. The predicted octanol–water partition coefficient (Wildman–Crippen LogP) is 11.8. The molecular weight excluding hydrogens is 585 g/mol. The minimum absolute atomic E-state index is 0.0975. The van der Waals surface area contributed by atoms with Gasteiger partial charge in [-0.1, -0.05) is 138 Å². The van der Waals surface area contributed by atoms with Crippen LogP contribution < -0.4 is 0 Å². The number of carbonyl (C=O) groups excluding carboxylic acids is 1. The van der Waals surface area contributed by atoms with Gasteiger partial charge >= 0.3 is 5.97 Å². The molecule has 0 amide bonds. The van der Waals surface area contributed by atoms with Crippen LogP contribution >= 0.6 is 0 Å². The standard InChI is InChI=1S/C46H40O2/c1-7-42(47)48-23-22-28-8-10-29(11-9-28)31-15-19-37-38-20-16-32(27-41(38)46(5,6)40(37)26-31)36-18-14-30-12-13-33-24-35(45(2,3)4)25-34-17-21-39(36)44(30)43(33)34/h7-21,24-27H,1,22-23H2,2-6H3. The summed E-state index contributed by atoms with van der Waals surface area (Å²) in [7, 11) is 0. The lowest BCUT2D eigenvalue weighted by molar-refractivity contribution is -0.137. The van der Waals surface area contributed by atoms with Gasteiger partial charge in [-0.25, -0.2) is 4.79 Å². The van der Waals surface area contributed by atoms with E-state index >= 15 is 0 Å². The minimum atomic E-state index is -0.383. The van der Waals surface area contributed by atoms with Gasteiger partial charge in [0.15, 0.2) is 0 Å². The van der Waals surface area contributed by atoms with Crippen LogP contribution in [0, 0.1) is 0 Å². The molecule has 7 aromatic rings. The molecule has 1 aliphatic carbocycles. The van der Waals surface area contributed by atoms with Gasteiger partial charge in [0.05, 0.1) is 6.61 Å². The summed E-state index contributed by atoms with van der Waals surface area (Å²) in [6.45, 7) is 15.4. The highest BCUT2D eigenvalue weighted by Crippen LogP contribution is 2.51. The van der Waals surface area contributed by atoms with Crippen molar-refractivity contribution in [2.45, 2.75) is 51.9 Å². The van der Waals surface area contributed by atoms with Gasteiger partial charge in [-0.3, -0.25) is 0 Å². The second-order valence-corrected chi connectivity index (χ2v) is 14.9. The Morgan fingerprint density at radius 1 is 0.667 bits per heavy atom. The van der Waals surface area contributed by atoms with Crippen molar-refractivity contribution < 1.29 is 9.53 Å². The number of fused-ring (bicyclic) bond motifs is 3. The van der Waals surface area contributed by atoms with E-state index in [9.17, 15) is 4.79 Å². The smallest absolute Gasteiger partial charge is 0.330 e. The topological polar surface area (TPSA) is 26.3 Å². The van der Waals surface area contributed by atoms with Crippen molar-refractivity contribution in [1.82, 2.24) is 0 Å². The number of carbonyl (C=O) groups is 1. The van der Waals surface area contributed by atoms with E-state index in [1.54, 1.807) is 0 Å². The molecule has 7 aromatic carbocycles. The Hall–Kier alpha value is -5.21. The Kier molecular flexibility index (Phi) is 6.86. The summed E-state index contributed by atoms with van der Waals surface area (Å²) >= 11 is 0. The molecule has 0 atom stereocenters.